The lowest BCUT2D eigenvalue weighted by atomic mass is 9.93. The number of benzene rings is 1. The number of nitrogens with one attached hydrogen (secondary N) is 1. The second-order valence-corrected chi connectivity index (χ2v) is 5.65. The van der Waals surface area contributed by atoms with Crippen LogP contribution in [0.25, 0.3) is 0 Å². The number of carbonyl (C=O) groups is 1. The number of carbonyl (C=O) groups excluding carboxylic acids is 1. The summed E-state index contributed by atoms with van der Waals surface area (Å²) in [4.78, 5) is 14.3. The van der Waals surface area contributed by atoms with Crippen molar-refractivity contribution in [2.45, 2.75) is 44.3 Å². The van der Waals surface area contributed by atoms with Crippen molar-refractivity contribution in [3.63, 3.8) is 0 Å². The zero-order valence-corrected chi connectivity index (χ0v) is 12.0. The summed E-state index contributed by atoms with van der Waals surface area (Å²) in [7, 11) is 1.67. The molecule has 2 aliphatic rings. The molecule has 1 saturated heterocycles. The molecule has 0 spiro atoms. The predicted molar refractivity (Wildman–Crippen MR) is 77.5 cm³/mol. The third-order valence-corrected chi connectivity index (χ3v) is 4.41. The van der Waals surface area contributed by atoms with E-state index in [0.717, 1.165) is 24.2 Å². The summed E-state index contributed by atoms with van der Waals surface area (Å²) in [6.45, 7) is 0.452. The lowest BCUT2D eigenvalue weighted by Gasteiger charge is -2.35. The summed E-state index contributed by atoms with van der Waals surface area (Å²) < 4.78 is 5.20. The molecule has 0 aromatic heterocycles. The number of ether oxygens (including phenoxy) is 1. The summed E-state index contributed by atoms with van der Waals surface area (Å²) in [6, 6.07) is 8.41. The van der Waals surface area contributed by atoms with Gasteiger partial charge in [0.05, 0.1) is 13.7 Å². The Bertz CT molecular complexity index is 466. The van der Waals surface area contributed by atoms with E-state index in [-0.39, 0.29) is 12.1 Å². The lowest BCUT2D eigenvalue weighted by molar-refractivity contribution is -0.131. The van der Waals surface area contributed by atoms with Crippen molar-refractivity contribution in [1.29, 1.82) is 0 Å². The molecule has 1 aliphatic carbocycles. The fourth-order valence-corrected chi connectivity index (χ4v) is 3.36. The zero-order chi connectivity index (χ0) is 13.9. The molecule has 1 saturated carbocycles. The van der Waals surface area contributed by atoms with Gasteiger partial charge in [0, 0.05) is 6.04 Å². The highest BCUT2D eigenvalue weighted by Gasteiger charge is 2.36. The summed E-state index contributed by atoms with van der Waals surface area (Å²) >= 11 is 0. The van der Waals surface area contributed by atoms with Crippen LogP contribution >= 0.6 is 0 Å². The highest BCUT2D eigenvalue weighted by Crippen LogP contribution is 2.32. The molecule has 20 heavy (non-hydrogen) atoms. The Hall–Kier alpha value is -1.55. The molecule has 1 atom stereocenters. The molecule has 1 amide bonds. The largest absolute Gasteiger partial charge is 0.497 e. The molecular formula is C16H22N2O2. The number of amides is 1. The average molecular weight is 274 g/mol. The van der Waals surface area contributed by atoms with Crippen molar-refractivity contribution in [3.8, 4) is 5.75 Å². The monoisotopic (exact) mass is 274 g/mol. The van der Waals surface area contributed by atoms with Gasteiger partial charge < -0.3 is 9.64 Å². The van der Waals surface area contributed by atoms with Crippen LogP contribution in [0.4, 0.5) is 0 Å². The second kappa shape index (κ2) is 5.83. The van der Waals surface area contributed by atoms with E-state index in [1.165, 1.54) is 19.3 Å². The van der Waals surface area contributed by atoms with E-state index in [1.54, 1.807) is 7.11 Å². The molecule has 4 nitrogen and oxygen atoms in total. The first-order valence-corrected chi connectivity index (χ1v) is 7.48. The molecule has 1 aromatic carbocycles. The molecule has 4 heteroatoms. The zero-order valence-electron chi connectivity index (χ0n) is 12.0. The minimum Gasteiger partial charge on any atom is -0.497 e. The highest BCUT2D eigenvalue weighted by molar-refractivity contribution is 5.81. The van der Waals surface area contributed by atoms with Crippen molar-refractivity contribution >= 4 is 5.91 Å². The van der Waals surface area contributed by atoms with Gasteiger partial charge in [-0.15, -0.1) is 0 Å². The summed E-state index contributed by atoms with van der Waals surface area (Å²) in [5, 5.41) is 3.34. The molecule has 1 heterocycles. The maximum absolute atomic E-state index is 12.2. The van der Waals surface area contributed by atoms with E-state index in [9.17, 15) is 4.79 Å². The highest BCUT2D eigenvalue weighted by atomic mass is 16.5. The van der Waals surface area contributed by atoms with Crippen LogP contribution in [0.1, 0.15) is 43.8 Å². The summed E-state index contributed by atoms with van der Waals surface area (Å²) in [5.74, 6) is 1.08. The standard InChI is InChI=1S/C16H22N2O2/c1-20-14-9-7-12(8-10-14)16-17-11-15(19)18(16)13-5-3-2-4-6-13/h7-10,13,16-17H,2-6,11H2,1H3. The molecule has 1 aromatic rings. The van der Waals surface area contributed by atoms with Gasteiger partial charge in [-0.25, -0.2) is 0 Å². The van der Waals surface area contributed by atoms with E-state index in [1.807, 2.05) is 24.3 Å². The number of methoxy groups -OCH3 is 1. The molecule has 1 unspecified atom stereocenters. The van der Waals surface area contributed by atoms with E-state index in [2.05, 4.69) is 10.2 Å². The summed E-state index contributed by atoms with van der Waals surface area (Å²) in [5.41, 5.74) is 1.14. The van der Waals surface area contributed by atoms with E-state index in [4.69, 9.17) is 4.74 Å². The molecule has 108 valence electrons. The van der Waals surface area contributed by atoms with Gasteiger partial charge in [0.2, 0.25) is 5.91 Å². The molecule has 3 rings (SSSR count). The maximum Gasteiger partial charge on any atom is 0.238 e. The van der Waals surface area contributed by atoms with Crippen LogP contribution in [0, 0.1) is 0 Å². The molecule has 0 bridgehead atoms. The van der Waals surface area contributed by atoms with Crippen molar-refractivity contribution in [2.24, 2.45) is 0 Å². The van der Waals surface area contributed by atoms with Gasteiger partial charge in [-0.05, 0) is 30.5 Å². The van der Waals surface area contributed by atoms with Crippen LogP contribution in [-0.2, 0) is 4.79 Å². The Morgan fingerprint density at radius 1 is 1.15 bits per heavy atom. The molecule has 1 N–H and O–H groups in total. The normalized spacial score (nSPS) is 24.1. The first kappa shape index (κ1) is 13.4. The van der Waals surface area contributed by atoms with Crippen LogP contribution in [0.5, 0.6) is 5.75 Å². The Morgan fingerprint density at radius 2 is 1.85 bits per heavy atom. The Morgan fingerprint density at radius 3 is 2.50 bits per heavy atom. The van der Waals surface area contributed by atoms with Crippen LogP contribution in [0.3, 0.4) is 0 Å². The van der Waals surface area contributed by atoms with Gasteiger partial charge in [0.1, 0.15) is 11.9 Å². The van der Waals surface area contributed by atoms with E-state index in [0.29, 0.717) is 12.6 Å². The SMILES string of the molecule is COc1ccc(C2NCC(=O)N2C2CCCCC2)cc1. The van der Waals surface area contributed by atoms with Gasteiger partial charge in [-0.2, -0.15) is 0 Å². The lowest BCUT2D eigenvalue weighted by Crippen LogP contribution is -2.40. The first-order valence-electron chi connectivity index (χ1n) is 7.48. The first-order chi connectivity index (χ1) is 9.79. The van der Waals surface area contributed by atoms with Gasteiger partial charge >= 0.3 is 0 Å². The van der Waals surface area contributed by atoms with Crippen molar-refractivity contribution < 1.29 is 9.53 Å². The van der Waals surface area contributed by atoms with Gasteiger partial charge in [0.15, 0.2) is 0 Å². The quantitative estimate of drug-likeness (QED) is 0.920. The van der Waals surface area contributed by atoms with Crippen LogP contribution in [0.2, 0.25) is 0 Å². The van der Waals surface area contributed by atoms with Crippen molar-refractivity contribution in [1.82, 2.24) is 10.2 Å². The fraction of sp³-hybridized carbons (Fsp3) is 0.562. The predicted octanol–water partition coefficient (Wildman–Crippen LogP) is 2.46. The molecule has 1 aliphatic heterocycles. The topological polar surface area (TPSA) is 41.6 Å². The number of nitrogens with zero attached hydrogens (tertiary/aromatic N) is 1. The van der Waals surface area contributed by atoms with Gasteiger partial charge in [0.25, 0.3) is 0 Å². The van der Waals surface area contributed by atoms with E-state index < -0.39 is 0 Å². The van der Waals surface area contributed by atoms with Gasteiger partial charge in [-0.3, -0.25) is 10.1 Å². The fourth-order valence-electron chi connectivity index (χ4n) is 3.36. The van der Waals surface area contributed by atoms with Gasteiger partial charge in [-0.1, -0.05) is 31.4 Å². The third kappa shape index (κ3) is 2.52. The Kier molecular flexibility index (Phi) is 3.92. The van der Waals surface area contributed by atoms with Crippen LogP contribution < -0.4 is 10.1 Å². The molecule has 0 radical (unpaired) electrons. The number of hydrogen-bond acceptors (Lipinski definition) is 3. The Labute approximate surface area is 120 Å². The smallest absolute Gasteiger partial charge is 0.238 e. The Balaban J connectivity index is 1.80. The second-order valence-electron chi connectivity index (χ2n) is 5.65. The van der Waals surface area contributed by atoms with Crippen molar-refractivity contribution in [3.05, 3.63) is 29.8 Å². The number of rotatable bonds is 3. The van der Waals surface area contributed by atoms with E-state index >= 15 is 0 Å². The third-order valence-electron chi connectivity index (χ3n) is 4.41. The van der Waals surface area contributed by atoms with Crippen molar-refractivity contribution in [2.75, 3.05) is 13.7 Å². The summed E-state index contributed by atoms with van der Waals surface area (Å²) in [6.07, 6.45) is 6.09. The maximum atomic E-state index is 12.2. The minimum atomic E-state index is 0.0245. The van der Waals surface area contributed by atoms with Crippen LogP contribution in [0.15, 0.2) is 24.3 Å². The number of hydrogen-bond donors (Lipinski definition) is 1. The van der Waals surface area contributed by atoms with Crippen LogP contribution in [-0.4, -0.2) is 30.5 Å². The minimum absolute atomic E-state index is 0.0245. The molecule has 2 fully saturated rings. The average Bonchev–Trinajstić information content (AvgIpc) is 2.90. The molecular weight excluding hydrogens is 252 g/mol.